The number of nitrogens with one attached hydrogen (secondary N) is 1. The smallest absolute Gasteiger partial charge is 0.312 e. The predicted octanol–water partition coefficient (Wildman–Crippen LogP) is -0.448. The van der Waals surface area contributed by atoms with E-state index in [0.29, 0.717) is 23.6 Å². The second kappa shape index (κ2) is 5.98. The van der Waals surface area contributed by atoms with Crippen LogP contribution in [0.1, 0.15) is 12.8 Å². The molecule has 0 amide bonds. The van der Waals surface area contributed by atoms with E-state index < -0.39 is 30.3 Å². The summed E-state index contributed by atoms with van der Waals surface area (Å²) in [5.74, 6) is -0.692. The molecular formula is C9H17NO6S3. The number of carbonyl (C=O) groups is 1. The molecule has 0 aliphatic heterocycles. The van der Waals surface area contributed by atoms with Crippen LogP contribution < -0.4 is 4.72 Å². The first kappa shape index (κ1) is 16.7. The summed E-state index contributed by atoms with van der Waals surface area (Å²) in [4.78, 5) is 11.4. The molecular weight excluding hydrogens is 314 g/mol. The van der Waals surface area contributed by atoms with Gasteiger partial charge in [-0.25, -0.2) is 21.6 Å². The minimum atomic E-state index is -3.61. The van der Waals surface area contributed by atoms with Crippen molar-refractivity contribution in [3.05, 3.63) is 0 Å². The highest BCUT2D eigenvalue weighted by atomic mass is 33.1. The quantitative estimate of drug-likeness (QED) is 0.365. The summed E-state index contributed by atoms with van der Waals surface area (Å²) >= 11 is 0. The summed E-state index contributed by atoms with van der Waals surface area (Å²) in [7, 11) is -4.88. The maximum absolute atomic E-state index is 11.8. The molecule has 0 saturated heterocycles. The Labute approximate surface area is 116 Å². The molecule has 0 aromatic carbocycles. The van der Waals surface area contributed by atoms with Gasteiger partial charge in [0.1, 0.15) is 0 Å². The molecule has 0 radical (unpaired) electrons. The normalized spacial score (nSPS) is 18.0. The zero-order valence-corrected chi connectivity index (χ0v) is 13.2. The Kier molecular flexibility index (Phi) is 5.27. The van der Waals surface area contributed by atoms with Crippen LogP contribution in [0.5, 0.6) is 0 Å². The Bertz CT molecular complexity index is 534. The first-order valence-corrected chi connectivity index (χ1v) is 10.5. The highest BCUT2D eigenvalue weighted by molar-refractivity contribution is 8.71. The Morgan fingerprint density at radius 1 is 1.32 bits per heavy atom. The summed E-state index contributed by atoms with van der Waals surface area (Å²) in [5, 5.41) is 0. The number of sulfonamides is 1. The first-order valence-electron chi connectivity index (χ1n) is 5.50. The number of hydrogen-bond donors (Lipinski definition) is 1. The second-order valence-electron chi connectivity index (χ2n) is 4.45. The van der Waals surface area contributed by atoms with Gasteiger partial charge in [-0.05, 0) is 23.6 Å². The molecule has 0 spiro atoms. The zero-order valence-electron chi connectivity index (χ0n) is 10.7. The number of hydrogen-bond acceptors (Lipinski definition) is 7. The fraction of sp³-hybridized carbons (Fsp3) is 0.889. The van der Waals surface area contributed by atoms with E-state index in [-0.39, 0.29) is 18.1 Å². The molecule has 1 rings (SSSR count). The Morgan fingerprint density at radius 3 is 2.32 bits per heavy atom. The van der Waals surface area contributed by atoms with Gasteiger partial charge in [0.15, 0.2) is 8.87 Å². The van der Waals surface area contributed by atoms with Crippen molar-refractivity contribution in [2.75, 3.05) is 31.4 Å². The van der Waals surface area contributed by atoms with Gasteiger partial charge in [-0.15, -0.1) is 0 Å². The van der Waals surface area contributed by atoms with E-state index in [1.165, 1.54) is 7.11 Å². The highest BCUT2D eigenvalue weighted by Gasteiger charge is 2.53. The molecule has 0 atom stereocenters. The molecule has 0 aromatic rings. The number of ether oxygens (including phenoxy) is 1. The topological polar surface area (TPSA) is 107 Å². The molecule has 19 heavy (non-hydrogen) atoms. The minimum absolute atomic E-state index is 0.0112. The van der Waals surface area contributed by atoms with E-state index in [1.807, 2.05) is 0 Å². The third-order valence-electron chi connectivity index (χ3n) is 2.66. The van der Waals surface area contributed by atoms with Crippen LogP contribution in [0, 0.1) is 5.41 Å². The number of carbonyl (C=O) groups excluding carboxylic acids is 1. The van der Waals surface area contributed by atoms with Gasteiger partial charge < -0.3 is 4.74 Å². The molecule has 1 aliphatic carbocycles. The lowest BCUT2D eigenvalue weighted by Crippen LogP contribution is -2.35. The van der Waals surface area contributed by atoms with Crippen LogP contribution in [-0.2, 0) is 28.4 Å². The van der Waals surface area contributed by atoms with E-state index >= 15 is 0 Å². The lowest BCUT2D eigenvalue weighted by molar-refractivity contribution is -0.146. The third kappa shape index (κ3) is 5.67. The Morgan fingerprint density at radius 2 is 1.89 bits per heavy atom. The molecule has 1 aliphatic rings. The van der Waals surface area contributed by atoms with Crippen LogP contribution in [0.15, 0.2) is 0 Å². The van der Waals surface area contributed by atoms with Crippen molar-refractivity contribution < 1.29 is 26.4 Å². The molecule has 1 fully saturated rings. The standard InChI is InChI=1S/C9H17NO6S3/c1-16-8(11)9(3-4-9)7-19(14,15)10-5-6-17-18(2,12)13/h10H,3-7H2,1-2H3. The van der Waals surface area contributed by atoms with E-state index in [2.05, 4.69) is 9.46 Å². The Balaban J connectivity index is 2.43. The largest absolute Gasteiger partial charge is 0.469 e. The summed E-state index contributed by atoms with van der Waals surface area (Å²) in [6.45, 7) is 0.0112. The van der Waals surface area contributed by atoms with Crippen molar-refractivity contribution in [1.82, 2.24) is 4.72 Å². The molecule has 0 aromatic heterocycles. The van der Waals surface area contributed by atoms with Crippen molar-refractivity contribution in [1.29, 1.82) is 0 Å². The van der Waals surface area contributed by atoms with E-state index in [4.69, 9.17) is 0 Å². The van der Waals surface area contributed by atoms with Gasteiger partial charge in [0.25, 0.3) is 0 Å². The van der Waals surface area contributed by atoms with E-state index in [9.17, 15) is 21.6 Å². The van der Waals surface area contributed by atoms with Gasteiger partial charge in [-0.1, -0.05) is 0 Å². The fourth-order valence-corrected chi connectivity index (χ4v) is 5.00. The van der Waals surface area contributed by atoms with Crippen LogP contribution in [0.25, 0.3) is 0 Å². The minimum Gasteiger partial charge on any atom is -0.469 e. The van der Waals surface area contributed by atoms with Crippen LogP contribution in [0.3, 0.4) is 0 Å². The number of rotatable bonds is 8. The molecule has 0 unspecified atom stereocenters. The maximum atomic E-state index is 11.8. The van der Waals surface area contributed by atoms with Gasteiger partial charge in [0, 0.05) is 18.6 Å². The average molecular weight is 331 g/mol. The number of esters is 1. The summed E-state index contributed by atoms with van der Waals surface area (Å²) in [6.07, 6.45) is 2.06. The zero-order chi connectivity index (χ0) is 14.7. The highest BCUT2D eigenvalue weighted by Crippen LogP contribution is 2.47. The molecule has 0 bridgehead atoms. The molecule has 0 heterocycles. The maximum Gasteiger partial charge on any atom is 0.312 e. The van der Waals surface area contributed by atoms with Crippen molar-refractivity contribution >= 4 is 35.7 Å². The van der Waals surface area contributed by atoms with Crippen LogP contribution >= 0.6 is 10.8 Å². The first-order chi connectivity index (χ1) is 8.60. The van der Waals surface area contributed by atoms with E-state index in [0.717, 1.165) is 6.26 Å². The monoisotopic (exact) mass is 331 g/mol. The summed E-state index contributed by atoms with van der Waals surface area (Å²) in [6, 6.07) is 0. The van der Waals surface area contributed by atoms with E-state index in [1.54, 1.807) is 0 Å². The molecule has 1 N–H and O–H groups in total. The SMILES string of the molecule is COC(=O)C1(CS(=O)(=O)NCCSS(C)(=O)=O)CC1. The summed E-state index contributed by atoms with van der Waals surface area (Å²) < 4.78 is 52.1. The van der Waals surface area contributed by atoms with Crippen LogP contribution in [0.4, 0.5) is 0 Å². The van der Waals surface area contributed by atoms with Gasteiger partial charge >= 0.3 is 5.97 Å². The van der Waals surface area contributed by atoms with Gasteiger partial charge in [-0.2, -0.15) is 0 Å². The lowest BCUT2D eigenvalue weighted by Gasteiger charge is -2.13. The third-order valence-corrected chi connectivity index (χ3v) is 6.82. The van der Waals surface area contributed by atoms with Crippen LogP contribution in [0.2, 0.25) is 0 Å². The average Bonchev–Trinajstić information content (AvgIpc) is 3.02. The second-order valence-corrected chi connectivity index (χ2v) is 10.8. The summed E-state index contributed by atoms with van der Waals surface area (Å²) in [5.41, 5.74) is -0.912. The predicted molar refractivity (Wildman–Crippen MR) is 72.8 cm³/mol. The van der Waals surface area contributed by atoms with Crippen molar-refractivity contribution in [2.24, 2.45) is 5.41 Å². The van der Waals surface area contributed by atoms with Crippen LogP contribution in [-0.4, -0.2) is 54.2 Å². The molecule has 7 nitrogen and oxygen atoms in total. The van der Waals surface area contributed by atoms with Gasteiger partial charge in [-0.3, -0.25) is 4.79 Å². The van der Waals surface area contributed by atoms with Gasteiger partial charge in [0.2, 0.25) is 10.0 Å². The molecule has 10 heteroatoms. The Hall–Kier alpha value is -0.320. The van der Waals surface area contributed by atoms with Crippen molar-refractivity contribution in [3.8, 4) is 0 Å². The van der Waals surface area contributed by atoms with Crippen molar-refractivity contribution in [2.45, 2.75) is 12.8 Å². The van der Waals surface area contributed by atoms with Gasteiger partial charge in [0.05, 0.1) is 18.3 Å². The fourth-order valence-electron chi connectivity index (χ4n) is 1.58. The molecule has 112 valence electrons. The molecule has 1 saturated carbocycles. The van der Waals surface area contributed by atoms with Crippen molar-refractivity contribution in [3.63, 3.8) is 0 Å². The lowest BCUT2D eigenvalue weighted by atomic mass is 10.1. The number of methoxy groups -OCH3 is 1.